The number of hydrogen-bond donors (Lipinski definition) is 4. The summed E-state index contributed by atoms with van der Waals surface area (Å²) in [7, 11) is 0. The first-order chi connectivity index (χ1) is 10.0. The van der Waals surface area contributed by atoms with Crippen molar-refractivity contribution in [1.82, 2.24) is 25.9 Å². The molecule has 0 atom stereocenters. The molecule has 1 aromatic heterocycles. The number of nitrogens with two attached hydrogens (primary N) is 1. The Morgan fingerprint density at radius 2 is 2.29 bits per heavy atom. The van der Waals surface area contributed by atoms with Crippen molar-refractivity contribution >= 4 is 28.9 Å². The summed E-state index contributed by atoms with van der Waals surface area (Å²) < 4.78 is 0. The highest BCUT2D eigenvalue weighted by atomic mass is 35.5. The molecule has 0 saturated carbocycles. The fourth-order valence-electron chi connectivity index (χ4n) is 1.53. The van der Waals surface area contributed by atoms with E-state index in [4.69, 9.17) is 17.4 Å². The monoisotopic (exact) mass is 312 g/mol. The van der Waals surface area contributed by atoms with Gasteiger partial charge in [0.25, 0.3) is 11.6 Å². The summed E-state index contributed by atoms with van der Waals surface area (Å²) in [5.74, 6) is 4.86. The fraction of sp³-hybridized carbons (Fsp3) is 0.111. The van der Waals surface area contributed by atoms with Crippen LogP contribution in [0.1, 0.15) is 16.2 Å². The van der Waals surface area contributed by atoms with E-state index in [1.165, 1.54) is 6.07 Å². The normalized spacial score (nSPS) is 10.2. The van der Waals surface area contributed by atoms with Crippen LogP contribution in [-0.4, -0.2) is 31.5 Å². The van der Waals surface area contributed by atoms with Gasteiger partial charge in [-0.3, -0.25) is 20.8 Å². The van der Waals surface area contributed by atoms with Crippen LogP contribution in [-0.2, 0) is 6.54 Å². The number of carbonyl (C=O) groups is 1. The van der Waals surface area contributed by atoms with Crippen molar-refractivity contribution in [2.75, 3.05) is 5.43 Å². The molecule has 0 spiro atoms. The number of nitro benzene ring substituents is 1. The van der Waals surface area contributed by atoms with Gasteiger partial charge in [0.15, 0.2) is 5.82 Å². The molecule has 110 valence electrons. The highest BCUT2D eigenvalue weighted by molar-refractivity contribution is 6.34. The summed E-state index contributed by atoms with van der Waals surface area (Å²) in [6.07, 6.45) is 0. The van der Waals surface area contributed by atoms with Gasteiger partial charge >= 0.3 is 0 Å². The second-order valence-electron chi connectivity index (χ2n) is 3.76. The summed E-state index contributed by atoms with van der Waals surface area (Å²) in [4.78, 5) is 22.2. The molecule has 0 aliphatic heterocycles. The van der Waals surface area contributed by atoms with Crippen molar-refractivity contribution in [2.24, 2.45) is 5.84 Å². The lowest BCUT2D eigenvalue weighted by atomic mass is 10.1. The predicted octanol–water partition coefficient (Wildman–Crippen LogP) is -0.0231. The first-order valence-corrected chi connectivity index (χ1v) is 5.85. The Bertz CT molecular complexity index is 674. The smallest absolute Gasteiger partial charge is 0.295 e. The Labute approximate surface area is 122 Å². The number of nitrogens with zero attached hydrogens (tertiary/aromatic N) is 4. The summed E-state index contributed by atoms with van der Waals surface area (Å²) in [5.41, 5.74) is 1.66. The number of anilines is 1. The van der Waals surface area contributed by atoms with E-state index in [0.29, 0.717) is 0 Å². The molecular weight excluding hydrogens is 304 g/mol. The van der Waals surface area contributed by atoms with Crippen LogP contribution in [0.25, 0.3) is 0 Å². The minimum absolute atomic E-state index is 0.00851. The van der Waals surface area contributed by atoms with Crippen LogP contribution in [0.3, 0.4) is 0 Å². The topological polar surface area (TPSA) is 165 Å². The van der Waals surface area contributed by atoms with Gasteiger partial charge in [-0.2, -0.15) is 5.21 Å². The summed E-state index contributed by atoms with van der Waals surface area (Å²) in [6, 6.07) is 2.32. The third-order valence-electron chi connectivity index (χ3n) is 2.47. The highest BCUT2D eigenvalue weighted by Gasteiger charge is 2.21. The van der Waals surface area contributed by atoms with Crippen LogP contribution in [0.5, 0.6) is 0 Å². The standard InChI is InChI=1S/C9H9ClN8O3/c10-5-1-4(2-6(18(20)21)8(5)13-11)9(19)12-3-7-14-16-17-15-7/h1-2,13H,3,11H2,(H,12,19)(H,14,15,16,17). The van der Waals surface area contributed by atoms with Gasteiger partial charge in [0.2, 0.25) is 0 Å². The van der Waals surface area contributed by atoms with Crippen molar-refractivity contribution in [1.29, 1.82) is 0 Å². The van der Waals surface area contributed by atoms with Crippen LogP contribution in [0.2, 0.25) is 5.02 Å². The van der Waals surface area contributed by atoms with Gasteiger partial charge in [-0.25, -0.2) is 0 Å². The number of benzene rings is 1. The van der Waals surface area contributed by atoms with Gasteiger partial charge in [-0.1, -0.05) is 16.8 Å². The molecule has 0 radical (unpaired) electrons. The Morgan fingerprint density at radius 3 is 2.86 bits per heavy atom. The molecule has 0 saturated heterocycles. The third kappa shape index (κ3) is 3.21. The Balaban J connectivity index is 2.23. The molecule has 0 unspecified atom stereocenters. The quantitative estimate of drug-likeness (QED) is 0.339. The maximum atomic E-state index is 11.9. The molecule has 0 bridgehead atoms. The second-order valence-corrected chi connectivity index (χ2v) is 4.17. The first kappa shape index (κ1) is 14.6. The van der Waals surface area contributed by atoms with Crippen LogP contribution >= 0.6 is 11.6 Å². The number of nitrogens with one attached hydrogen (secondary N) is 3. The molecule has 12 heteroatoms. The molecular formula is C9H9ClN8O3. The van der Waals surface area contributed by atoms with E-state index in [1.54, 1.807) is 0 Å². The molecule has 5 N–H and O–H groups in total. The van der Waals surface area contributed by atoms with Crippen LogP contribution in [0.4, 0.5) is 11.4 Å². The van der Waals surface area contributed by atoms with Gasteiger partial charge in [-0.15, -0.1) is 10.2 Å². The van der Waals surface area contributed by atoms with Gasteiger partial charge < -0.3 is 10.7 Å². The number of aromatic amines is 1. The molecule has 11 nitrogen and oxygen atoms in total. The Hall–Kier alpha value is -2.79. The van der Waals surface area contributed by atoms with Gasteiger partial charge in [0.05, 0.1) is 16.5 Å². The van der Waals surface area contributed by atoms with Crippen molar-refractivity contribution in [3.63, 3.8) is 0 Å². The molecule has 2 aromatic rings. The average molecular weight is 313 g/mol. The number of amides is 1. The molecule has 21 heavy (non-hydrogen) atoms. The summed E-state index contributed by atoms with van der Waals surface area (Å²) in [5, 5.41) is 26.2. The first-order valence-electron chi connectivity index (χ1n) is 5.48. The number of carbonyl (C=O) groups excluding carboxylic acids is 1. The van der Waals surface area contributed by atoms with Crippen molar-refractivity contribution in [2.45, 2.75) is 6.54 Å². The second kappa shape index (κ2) is 6.11. The van der Waals surface area contributed by atoms with Crippen molar-refractivity contribution in [3.05, 3.63) is 38.7 Å². The lowest BCUT2D eigenvalue weighted by Crippen LogP contribution is -2.24. The highest BCUT2D eigenvalue weighted by Crippen LogP contribution is 2.32. The largest absolute Gasteiger partial charge is 0.345 e. The Kier molecular flexibility index (Phi) is 4.25. The van der Waals surface area contributed by atoms with E-state index in [9.17, 15) is 14.9 Å². The molecule has 2 rings (SSSR count). The number of nitro groups is 1. The minimum Gasteiger partial charge on any atom is -0.345 e. The number of rotatable bonds is 5. The van der Waals surface area contributed by atoms with E-state index in [1.807, 2.05) is 0 Å². The lowest BCUT2D eigenvalue weighted by molar-refractivity contribution is -0.384. The number of hydrogen-bond acceptors (Lipinski definition) is 8. The van der Waals surface area contributed by atoms with Gasteiger partial charge in [-0.05, 0) is 6.07 Å². The lowest BCUT2D eigenvalue weighted by Gasteiger charge is -2.08. The van der Waals surface area contributed by atoms with E-state index in [0.717, 1.165) is 6.07 Å². The van der Waals surface area contributed by atoms with E-state index >= 15 is 0 Å². The Morgan fingerprint density at radius 1 is 1.52 bits per heavy atom. The minimum atomic E-state index is -0.697. The van der Waals surface area contributed by atoms with Crippen LogP contribution < -0.4 is 16.6 Å². The maximum Gasteiger partial charge on any atom is 0.295 e. The molecule has 1 aromatic carbocycles. The zero-order valence-corrected chi connectivity index (χ0v) is 11.1. The van der Waals surface area contributed by atoms with Gasteiger partial charge in [0.1, 0.15) is 5.69 Å². The molecule has 0 fully saturated rings. The summed E-state index contributed by atoms with van der Waals surface area (Å²) in [6.45, 7) is 0.0115. The SMILES string of the molecule is NNc1c(Cl)cc(C(=O)NCc2nn[nH]n2)cc1[N+](=O)[O-]. The number of halogens is 1. The predicted molar refractivity (Wildman–Crippen MR) is 71.3 cm³/mol. The number of hydrazine groups is 1. The van der Waals surface area contributed by atoms with Crippen molar-refractivity contribution < 1.29 is 9.72 Å². The zero-order chi connectivity index (χ0) is 15.4. The maximum absolute atomic E-state index is 11.9. The zero-order valence-electron chi connectivity index (χ0n) is 10.3. The molecule has 1 heterocycles. The number of tetrazole rings is 1. The molecule has 1 amide bonds. The number of nitrogen functional groups attached to an aromatic ring is 1. The van der Waals surface area contributed by atoms with Crippen LogP contribution in [0.15, 0.2) is 12.1 Å². The van der Waals surface area contributed by atoms with E-state index in [2.05, 4.69) is 31.4 Å². The number of H-pyrrole nitrogens is 1. The fourth-order valence-corrected chi connectivity index (χ4v) is 1.80. The third-order valence-corrected chi connectivity index (χ3v) is 2.77. The van der Waals surface area contributed by atoms with E-state index < -0.39 is 16.5 Å². The van der Waals surface area contributed by atoms with E-state index in [-0.39, 0.29) is 28.6 Å². The average Bonchev–Trinajstić information content (AvgIpc) is 2.96. The van der Waals surface area contributed by atoms with Crippen LogP contribution in [0, 0.1) is 10.1 Å². The van der Waals surface area contributed by atoms with Crippen molar-refractivity contribution in [3.8, 4) is 0 Å². The number of aromatic nitrogens is 4. The molecule has 0 aliphatic rings. The molecule has 0 aliphatic carbocycles. The van der Waals surface area contributed by atoms with Gasteiger partial charge in [0, 0.05) is 11.6 Å². The summed E-state index contributed by atoms with van der Waals surface area (Å²) >= 11 is 5.86.